The lowest BCUT2D eigenvalue weighted by Crippen LogP contribution is -2.61. The molecular formula is C32H46N2O7. The van der Waals surface area contributed by atoms with Crippen LogP contribution >= 0.6 is 0 Å². The van der Waals surface area contributed by atoms with E-state index in [9.17, 15) is 10.2 Å². The third-order valence-corrected chi connectivity index (χ3v) is 8.36. The van der Waals surface area contributed by atoms with E-state index < -0.39 is 30.7 Å². The predicted octanol–water partition coefficient (Wildman–Crippen LogP) is 3.85. The topological polar surface area (TPSA) is 93.1 Å². The van der Waals surface area contributed by atoms with Crippen LogP contribution in [-0.2, 0) is 9.47 Å². The molecule has 2 saturated heterocycles. The third kappa shape index (κ3) is 7.84. The molecule has 0 unspecified atom stereocenters. The van der Waals surface area contributed by atoms with Crippen LogP contribution in [0, 0.1) is 0 Å². The minimum absolute atomic E-state index is 0.0625. The molecule has 0 spiro atoms. The Morgan fingerprint density at radius 2 is 1.44 bits per heavy atom. The highest BCUT2D eigenvalue weighted by molar-refractivity contribution is 5.49. The molecule has 2 aromatic rings. The number of ether oxygens (including phenoxy) is 5. The first-order valence-corrected chi connectivity index (χ1v) is 15.2. The zero-order valence-corrected chi connectivity index (χ0v) is 24.4. The van der Waals surface area contributed by atoms with Gasteiger partial charge < -0.3 is 38.8 Å². The average molecular weight is 571 g/mol. The summed E-state index contributed by atoms with van der Waals surface area (Å²) >= 11 is 0. The van der Waals surface area contributed by atoms with E-state index in [1.54, 1.807) is 12.1 Å². The first-order valence-electron chi connectivity index (χ1n) is 15.2. The maximum Gasteiger partial charge on any atom is 0.197 e. The van der Waals surface area contributed by atoms with E-state index >= 15 is 0 Å². The number of aliphatic hydroxyl groups is 2. The van der Waals surface area contributed by atoms with Gasteiger partial charge in [-0.1, -0.05) is 13.3 Å². The number of benzene rings is 2. The Labute approximate surface area is 243 Å². The van der Waals surface area contributed by atoms with E-state index in [1.807, 2.05) is 24.3 Å². The van der Waals surface area contributed by atoms with Crippen LogP contribution in [-0.4, -0.2) is 98.4 Å². The first-order chi connectivity index (χ1) is 20.0. The maximum atomic E-state index is 10.9. The van der Waals surface area contributed by atoms with Crippen molar-refractivity contribution in [2.24, 2.45) is 0 Å². The quantitative estimate of drug-likeness (QED) is 0.418. The Balaban J connectivity index is 1.11. The van der Waals surface area contributed by atoms with E-state index in [1.165, 1.54) is 38.5 Å². The maximum absolute atomic E-state index is 10.9. The van der Waals surface area contributed by atoms with Crippen molar-refractivity contribution in [1.29, 1.82) is 0 Å². The number of hydrogen-bond acceptors (Lipinski definition) is 9. The Bertz CT molecular complexity index is 1040. The smallest absolute Gasteiger partial charge is 0.197 e. The van der Waals surface area contributed by atoms with Crippen LogP contribution in [0.2, 0.25) is 0 Å². The number of piperazine rings is 1. The molecule has 5 atom stereocenters. The van der Waals surface area contributed by atoms with Crippen molar-refractivity contribution < 1.29 is 33.9 Å². The average Bonchev–Trinajstić information content (AvgIpc) is 3.01. The van der Waals surface area contributed by atoms with Crippen molar-refractivity contribution in [3.05, 3.63) is 48.5 Å². The third-order valence-electron chi connectivity index (χ3n) is 8.36. The van der Waals surface area contributed by atoms with Crippen molar-refractivity contribution in [3.8, 4) is 17.2 Å². The van der Waals surface area contributed by atoms with Gasteiger partial charge in [0, 0.05) is 39.0 Å². The minimum Gasteiger partial charge on any atom is -0.491 e. The summed E-state index contributed by atoms with van der Waals surface area (Å²) in [7, 11) is 1.49. The molecular weight excluding hydrogens is 524 g/mol. The van der Waals surface area contributed by atoms with Gasteiger partial charge in [-0.2, -0.15) is 0 Å². The van der Waals surface area contributed by atoms with Crippen LogP contribution in [0.1, 0.15) is 45.4 Å². The molecule has 2 heterocycles. The second-order valence-electron chi connectivity index (χ2n) is 11.3. The van der Waals surface area contributed by atoms with Crippen molar-refractivity contribution >= 4 is 5.69 Å². The molecule has 9 nitrogen and oxygen atoms in total. The van der Waals surface area contributed by atoms with Crippen molar-refractivity contribution in [2.75, 3.05) is 51.3 Å². The lowest BCUT2D eigenvalue weighted by Gasteiger charge is -2.41. The molecule has 3 aliphatic rings. The summed E-state index contributed by atoms with van der Waals surface area (Å²) in [5.41, 5.74) is 1.17. The van der Waals surface area contributed by atoms with Gasteiger partial charge in [-0.05, 0) is 87.2 Å². The molecule has 2 aliphatic heterocycles. The number of anilines is 1. The summed E-state index contributed by atoms with van der Waals surface area (Å²) in [6, 6.07) is 15.3. The monoisotopic (exact) mass is 570 g/mol. The second kappa shape index (κ2) is 14.6. The van der Waals surface area contributed by atoms with Gasteiger partial charge in [0.15, 0.2) is 12.4 Å². The summed E-state index contributed by atoms with van der Waals surface area (Å²) in [5, 5.41) is 21.8. The molecule has 226 valence electrons. The van der Waals surface area contributed by atoms with Crippen molar-refractivity contribution in [1.82, 2.24) is 4.90 Å². The first kappa shape index (κ1) is 29.9. The van der Waals surface area contributed by atoms with Crippen LogP contribution in [0.15, 0.2) is 48.5 Å². The lowest BCUT2D eigenvalue weighted by molar-refractivity contribution is -0.287. The highest BCUT2D eigenvalue weighted by Gasteiger charge is 2.46. The van der Waals surface area contributed by atoms with E-state index in [4.69, 9.17) is 23.7 Å². The Kier molecular flexibility index (Phi) is 10.6. The fourth-order valence-corrected chi connectivity index (χ4v) is 5.97. The van der Waals surface area contributed by atoms with Crippen molar-refractivity contribution in [2.45, 2.75) is 82.3 Å². The second-order valence-corrected chi connectivity index (χ2v) is 11.3. The van der Waals surface area contributed by atoms with E-state index in [0.29, 0.717) is 11.5 Å². The lowest BCUT2D eigenvalue weighted by atomic mass is 9.98. The van der Waals surface area contributed by atoms with Crippen LogP contribution in [0.4, 0.5) is 5.69 Å². The Hall–Kier alpha value is -2.56. The molecule has 41 heavy (non-hydrogen) atoms. The normalized spacial score (nSPS) is 27.9. The summed E-state index contributed by atoms with van der Waals surface area (Å²) < 4.78 is 29.5. The zero-order chi connectivity index (χ0) is 28.6. The highest BCUT2D eigenvalue weighted by Crippen LogP contribution is 2.30. The van der Waals surface area contributed by atoms with Gasteiger partial charge in [0.05, 0.1) is 6.10 Å². The fraction of sp³-hybridized carbons (Fsp3) is 0.625. The summed E-state index contributed by atoms with van der Waals surface area (Å²) in [4.78, 5) is 4.89. The number of hydrogen-bond donors (Lipinski definition) is 2. The summed E-state index contributed by atoms with van der Waals surface area (Å²) in [6.07, 6.45) is 2.31. The van der Waals surface area contributed by atoms with Gasteiger partial charge in [-0.15, -0.1) is 0 Å². The molecule has 1 saturated carbocycles. The fourth-order valence-electron chi connectivity index (χ4n) is 5.97. The molecule has 0 amide bonds. The number of aliphatic hydroxyl groups excluding tert-OH is 2. The predicted molar refractivity (Wildman–Crippen MR) is 157 cm³/mol. The molecule has 2 N–H and O–H groups in total. The zero-order valence-electron chi connectivity index (χ0n) is 24.4. The van der Waals surface area contributed by atoms with Gasteiger partial charge in [-0.25, -0.2) is 0 Å². The molecule has 9 heteroatoms. The summed E-state index contributed by atoms with van der Waals surface area (Å²) in [6.45, 7) is 7.63. The van der Waals surface area contributed by atoms with E-state index in [-0.39, 0.29) is 12.7 Å². The van der Waals surface area contributed by atoms with E-state index in [0.717, 1.165) is 51.3 Å². The molecule has 2 aromatic carbocycles. The Morgan fingerprint density at radius 3 is 2.07 bits per heavy atom. The van der Waals surface area contributed by atoms with Crippen LogP contribution in [0.5, 0.6) is 17.2 Å². The van der Waals surface area contributed by atoms with E-state index in [2.05, 4.69) is 28.9 Å². The summed E-state index contributed by atoms with van der Waals surface area (Å²) in [5.74, 6) is 2.00. The van der Waals surface area contributed by atoms with Gasteiger partial charge in [-0.3, -0.25) is 4.90 Å². The van der Waals surface area contributed by atoms with Crippen LogP contribution in [0.3, 0.4) is 0 Å². The van der Waals surface area contributed by atoms with Gasteiger partial charge in [0.1, 0.15) is 42.2 Å². The SMILES string of the molecule is CCCN1CCN(c2ccc(OC[C@H]3O[C@H](OC)[C@H](Oc4ccc(OC5CCCCC5)cc4)[C@@H](O)[C@@H]3O)cc2)CC1. The van der Waals surface area contributed by atoms with Gasteiger partial charge in [0.25, 0.3) is 0 Å². The molecule has 5 rings (SSSR count). The number of methoxy groups -OCH3 is 1. The molecule has 0 bridgehead atoms. The van der Waals surface area contributed by atoms with Crippen LogP contribution in [0.25, 0.3) is 0 Å². The molecule has 0 radical (unpaired) electrons. The highest BCUT2D eigenvalue weighted by atomic mass is 16.7. The Morgan fingerprint density at radius 1 is 0.805 bits per heavy atom. The van der Waals surface area contributed by atoms with Crippen LogP contribution < -0.4 is 19.1 Å². The van der Waals surface area contributed by atoms with Gasteiger partial charge in [0.2, 0.25) is 0 Å². The number of nitrogens with zero attached hydrogens (tertiary/aromatic N) is 2. The largest absolute Gasteiger partial charge is 0.491 e. The van der Waals surface area contributed by atoms with Gasteiger partial charge >= 0.3 is 0 Å². The standard InChI is InChI=1S/C32H46N2O7/c1-3-17-33-18-20-34(21-19-33)23-9-11-24(12-10-23)38-22-28-29(35)30(36)31(32(37-2)41-28)40-27-15-13-26(14-16-27)39-25-7-5-4-6-8-25/h9-16,25,28-32,35-36H,3-8,17-22H2,1-2H3/t28-,29-,30+,31-,32+/m1/s1. The minimum atomic E-state index is -1.23. The number of rotatable bonds is 11. The molecule has 3 fully saturated rings. The van der Waals surface area contributed by atoms with Crippen molar-refractivity contribution in [3.63, 3.8) is 0 Å². The molecule has 0 aromatic heterocycles. The molecule has 1 aliphatic carbocycles.